The highest BCUT2D eigenvalue weighted by molar-refractivity contribution is 5.15. The third-order valence-corrected chi connectivity index (χ3v) is 5.11. The predicted molar refractivity (Wildman–Crippen MR) is 79.6 cm³/mol. The van der Waals surface area contributed by atoms with Crippen LogP contribution in [-0.4, -0.2) is 18.2 Å². The zero-order chi connectivity index (χ0) is 13.8. The van der Waals surface area contributed by atoms with Crippen LogP contribution in [0.3, 0.4) is 0 Å². The van der Waals surface area contributed by atoms with E-state index >= 15 is 0 Å². The molecule has 2 aliphatic rings. The molecule has 0 spiro atoms. The average molecular weight is 266 g/mol. The topological polar surface area (TPSA) is 47.3 Å². The van der Waals surface area contributed by atoms with Crippen molar-refractivity contribution in [2.24, 2.45) is 17.7 Å². The van der Waals surface area contributed by atoms with Crippen molar-refractivity contribution in [3.63, 3.8) is 0 Å². The zero-order valence-electron chi connectivity index (χ0n) is 12.7. The Labute approximate surface area is 117 Å². The molecule has 0 amide bonds. The maximum absolute atomic E-state index is 5.99. The van der Waals surface area contributed by atoms with Crippen LogP contribution >= 0.6 is 0 Å². The van der Waals surface area contributed by atoms with Crippen LogP contribution in [0.15, 0.2) is 11.6 Å². The minimum absolute atomic E-state index is 0.285. The van der Waals surface area contributed by atoms with Gasteiger partial charge in [-0.3, -0.25) is 11.3 Å². The van der Waals surface area contributed by atoms with Crippen LogP contribution in [0, 0.1) is 11.8 Å². The van der Waals surface area contributed by atoms with E-state index < -0.39 is 0 Å². The highest BCUT2D eigenvalue weighted by atomic mass is 16.5. The Bertz CT molecular complexity index is 316. The van der Waals surface area contributed by atoms with E-state index in [0.29, 0.717) is 17.9 Å². The van der Waals surface area contributed by atoms with Gasteiger partial charge < -0.3 is 4.74 Å². The van der Waals surface area contributed by atoms with Crippen molar-refractivity contribution in [3.8, 4) is 0 Å². The third-order valence-electron chi connectivity index (χ3n) is 5.11. The van der Waals surface area contributed by atoms with Gasteiger partial charge in [-0.15, -0.1) is 0 Å². The Balaban J connectivity index is 2.13. The molecular weight excluding hydrogens is 236 g/mol. The highest BCUT2D eigenvalue weighted by Gasteiger charge is 2.42. The van der Waals surface area contributed by atoms with Crippen molar-refractivity contribution in [1.29, 1.82) is 0 Å². The van der Waals surface area contributed by atoms with E-state index in [2.05, 4.69) is 32.3 Å². The Morgan fingerprint density at radius 1 is 1.16 bits per heavy atom. The average Bonchev–Trinajstić information content (AvgIpc) is 2.58. The molecule has 1 aliphatic carbocycles. The smallest absolute Gasteiger partial charge is 0.0601 e. The first-order valence-electron chi connectivity index (χ1n) is 7.95. The standard InChI is InChI=1S/C16H30N2O/c1-11-12(2)19-13(3)15(11)16(18-17)14-9-7-5-4-6-8-10-14/h9,11-13,15-16,18H,4-8,10,17H2,1-3H3. The Morgan fingerprint density at radius 3 is 2.53 bits per heavy atom. The molecule has 5 atom stereocenters. The SMILES string of the molecule is CC1OC(C)C(C(NN)C2=CCCCCCC2)C1C. The molecule has 3 heteroatoms. The number of nitrogens with two attached hydrogens (primary N) is 1. The molecule has 1 heterocycles. The number of nitrogens with one attached hydrogen (secondary N) is 1. The lowest BCUT2D eigenvalue weighted by atomic mass is 9.78. The summed E-state index contributed by atoms with van der Waals surface area (Å²) in [6.07, 6.45) is 10.8. The summed E-state index contributed by atoms with van der Waals surface area (Å²) >= 11 is 0. The maximum Gasteiger partial charge on any atom is 0.0601 e. The van der Waals surface area contributed by atoms with Crippen molar-refractivity contribution in [1.82, 2.24) is 5.43 Å². The van der Waals surface area contributed by atoms with Gasteiger partial charge in [0.2, 0.25) is 0 Å². The monoisotopic (exact) mass is 266 g/mol. The maximum atomic E-state index is 5.99. The second-order valence-electron chi connectivity index (χ2n) is 6.36. The van der Waals surface area contributed by atoms with Gasteiger partial charge in [-0.05, 0) is 45.4 Å². The lowest BCUT2D eigenvalue weighted by Crippen LogP contribution is -2.46. The van der Waals surface area contributed by atoms with Gasteiger partial charge in [-0.25, -0.2) is 0 Å². The van der Waals surface area contributed by atoms with Gasteiger partial charge >= 0.3 is 0 Å². The van der Waals surface area contributed by atoms with E-state index in [-0.39, 0.29) is 12.1 Å². The van der Waals surface area contributed by atoms with Gasteiger partial charge in [0.05, 0.1) is 12.2 Å². The summed E-state index contributed by atoms with van der Waals surface area (Å²) < 4.78 is 5.99. The van der Waals surface area contributed by atoms with E-state index in [4.69, 9.17) is 10.6 Å². The number of allylic oxidation sites excluding steroid dienone is 1. The largest absolute Gasteiger partial charge is 0.375 e. The van der Waals surface area contributed by atoms with E-state index in [1.165, 1.54) is 44.1 Å². The van der Waals surface area contributed by atoms with Crippen LogP contribution in [-0.2, 0) is 4.74 Å². The molecule has 110 valence electrons. The van der Waals surface area contributed by atoms with Crippen molar-refractivity contribution in [2.45, 2.75) is 77.5 Å². The molecule has 1 saturated heterocycles. The number of ether oxygens (including phenoxy) is 1. The van der Waals surface area contributed by atoms with Gasteiger partial charge in [-0.1, -0.05) is 31.4 Å². The van der Waals surface area contributed by atoms with Crippen molar-refractivity contribution < 1.29 is 4.74 Å². The second-order valence-corrected chi connectivity index (χ2v) is 6.36. The van der Waals surface area contributed by atoms with Gasteiger partial charge in [-0.2, -0.15) is 0 Å². The summed E-state index contributed by atoms with van der Waals surface area (Å²) in [7, 11) is 0. The van der Waals surface area contributed by atoms with E-state index in [9.17, 15) is 0 Å². The molecule has 3 nitrogen and oxygen atoms in total. The number of hydrogen-bond donors (Lipinski definition) is 2. The van der Waals surface area contributed by atoms with Crippen LogP contribution in [0.1, 0.15) is 59.3 Å². The summed E-state index contributed by atoms with van der Waals surface area (Å²) in [5.41, 5.74) is 4.61. The summed E-state index contributed by atoms with van der Waals surface area (Å²) in [5, 5.41) is 0. The van der Waals surface area contributed by atoms with Crippen LogP contribution in [0.25, 0.3) is 0 Å². The van der Waals surface area contributed by atoms with Crippen LogP contribution in [0.2, 0.25) is 0 Å². The minimum Gasteiger partial charge on any atom is -0.375 e. The molecule has 2 rings (SSSR count). The normalized spacial score (nSPS) is 38.4. The fourth-order valence-electron chi connectivity index (χ4n) is 3.83. The molecule has 19 heavy (non-hydrogen) atoms. The van der Waals surface area contributed by atoms with Crippen LogP contribution in [0.4, 0.5) is 0 Å². The molecule has 0 aromatic carbocycles. The number of hydrogen-bond acceptors (Lipinski definition) is 3. The first-order valence-corrected chi connectivity index (χ1v) is 7.95. The quantitative estimate of drug-likeness (QED) is 0.468. The zero-order valence-corrected chi connectivity index (χ0v) is 12.7. The number of hydrazine groups is 1. The molecular formula is C16H30N2O. The molecule has 0 radical (unpaired) electrons. The summed E-state index contributed by atoms with van der Waals surface area (Å²) in [6, 6.07) is 0.285. The molecule has 1 aliphatic heterocycles. The second kappa shape index (κ2) is 6.87. The summed E-state index contributed by atoms with van der Waals surface area (Å²) in [4.78, 5) is 0. The number of rotatable bonds is 3. The van der Waals surface area contributed by atoms with Crippen molar-refractivity contribution >= 4 is 0 Å². The van der Waals surface area contributed by atoms with Gasteiger partial charge in [0, 0.05) is 12.0 Å². The molecule has 0 bridgehead atoms. The van der Waals surface area contributed by atoms with Gasteiger partial charge in [0.1, 0.15) is 0 Å². The molecule has 0 aromatic heterocycles. The first-order chi connectivity index (χ1) is 9.15. The van der Waals surface area contributed by atoms with E-state index in [0.717, 1.165) is 0 Å². The predicted octanol–water partition coefficient (Wildman–Crippen LogP) is 3.16. The third kappa shape index (κ3) is 3.39. The molecule has 0 saturated carbocycles. The van der Waals surface area contributed by atoms with Gasteiger partial charge in [0.15, 0.2) is 0 Å². The Morgan fingerprint density at radius 2 is 1.89 bits per heavy atom. The Hall–Kier alpha value is -0.380. The molecule has 1 fully saturated rings. The summed E-state index contributed by atoms with van der Waals surface area (Å²) in [6.45, 7) is 6.67. The van der Waals surface area contributed by atoms with Crippen molar-refractivity contribution in [3.05, 3.63) is 11.6 Å². The molecule has 0 aromatic rings. The highest BCUT2D eigenvalue weighted by Crippen LogP contribution is 2.37. The van der Waals surface area contributed by atoms with E-state index in [1.807, 2.05) is 0 Å². The van der Waals surface area contributed by atoms with Crippen LogP contribution < -0.4 is 11.3 Å². The first kappa shape index (κ1) is 15.0. The minimum atomic E-state index is 0.285. The van der Waals surface area contributed by atoms with Crippen LogP contribution in [0.5, 0.6) is 0 Å². The van der Waals surface area contributed by atoms with Gasteiger partial charge in [0.25, 0.3) is 0 Å². The Kier molecular flexibility index (Phi) is 5.43. The fraction of sp³-hybridized carbons (Fsp3) is 0.875. The lowest BCUT2D eigenvalue weighted by molar-refractivity contribution is 0.0487. The fourth-order valence-corrected chi connectivity index (χ4v) is 3.83. The van der Waals surface area contributed by atoms with E-state index in [1.54, 1.807) is 0 Å². The summed E-state index contributed by atoms with van der Waals surface area (Å²) in [5.74, 6) is 6.95. The molecule has 3 N–H and O–H groups in total. The lowest BCUT2D eigenvalue weighted by Gasteiger charge is -2.31. The molecule has 5 unspecified atom stereocenters. The van der Waals surface area contributed by atoms with Crippen molar-refractivity contribution in [2.75, 3.05) is 0 Å².